The molecule has 16 heavy (non-hydrogen) atoms. The van der Waals surface area contributed by atoms with Gasteiger partial charge in [0.1, 0.15) is 5.60 Å². The molecule has 2 nitrogen and oxygen atoms in total. The number of hydrogen-bond donors (Lipinski definition) is 2. The van der Waals surface area contributed by atoms with Gasteiger partial charge in [0.25, 0.3) is 0 Å². The van der Waals surface area contributed by atoms with E-state index in [1.165, 1.54) is 0 Å². The highest BCUT2D eigenvalue weighted by atomic mass is 35.5. The van der Waals surface area contributed by atoms with Gasteiger partial charge in [0.15, 0.2) is 0 Å². The summed E-state index contributed by atoms with van der Waals surface area (Å²) in [5.74, 6) is 6.01. The van der Waals surface area contributed by atoms with Crippen LogP contribution in [0.3, 0.4) is 0 Å². The van der Waals surface area contributed by atoms with E-state index in [4.69, 9.17) is 0 Å². The zero-order valence-electron chi connectivity index (χ0n) is 9.07. The van der Waals surface area contributed by atoms with Crippen molar-refractivity contribution in [3.8, 4) is 11.8 Å². The summed E-state index contributed by atoms with van der Waals surface area (Å²) in [7, 11) is 0. The van der Waals surface area contributed by atoms with Gasteiger partial charge in [0, 0.05) is 5.56 Å². The van der Waals surface area contributed by atoms with Crippen LogP contribution in [0.2, 0.25) is 0 Å². The minimum atomic E-state index is -0.791. The highest BCUT2D eigenvalue weighted by Gasteiger charge is 2.26. The maximum Gasteiger partial charge on any atom is 0.128 e. The van der Waals surface area contributed by atoms with Crippen molar-refractivity contribution < 1.29 is 5.11 Å². The average molecular weight is 238 g/mol. The molecule has 2 N–H and O–H groups in total. The van der Waals surface area contributed by atoms with E-state index in [1.54, 1.807) is 0 Å². The summed E-state index contributed by atoms with van der Waals surface area (Å²) in [6.07, 6.45) is 1.43. The van der Waals surface area contributed by atoms with Crippen LogP contribution in [-0.4, -0.2) is 23.8 Å². The second-order valence-electron chi connectivity index (χ2n) is 3.90. The first-order chi connectivity index (χ1) is 7.29. The van der Waals surface area contributed by atoms with Crippen molar-refractivity contribution in [2.24, 2.45) is 0 Å². The van der Waals surface area contributed by atoms with Crippen LogP contribution in [0.5, 0.6) is 0 Å². The number of aliphatic hydroxyl groups is 1. The van der Waals surface area contributed by atoms with Gasteiger partial charge in [-0.2, -0.15) is 0 Å². The van der Waals surface area contributed by atoms with Crippen molar-refractivity contribution in [3.63, 3.8) is 0 Å². The van der Waals surface area contributed by atoms with E-state index in [0.29, 0.717) is 12.8 Å². The number of halogens is 1. The van der Waals surface area contributed by atoms with Gasteiger partial charge in [-0.1, -0.05) is 30.0 Å². The molecule has 1 aliphatic rings. The van der Waals surface area contributed by atoms with Crippen LogP contribution in [-0.2, 0) is 0 Å². The van der Waals surface area contributed by atoms with Gasteiger partial charge < -0.3 is 10.4 Å². The molecule has 0 aromatic heterocycles. The van der Waals surface area contributed by atoms with Gasteiger partial charge in [-0.05, 0) is 38.1 Å². The Morgan fingerprint density at radius 3 is 2.38 bits per heavy atom. The SMILES string of the molecule is Cl.OC1(C#Cc2ccccc2)CCNCC1. The lowest BCUT2D eigenvalue weighted by atomic mass is 9.93. The van der Waals surface area contributed by atoms with Crippen LogP contribution < -0.4 is 5.32 Å². The average Bonchev–Trinajstić information content (AvgIpc) is 2.29. The monoisotopic (exact) mass is 237 g/mol. The number of hydrogen-bond acceptors (Lipinski definition) is 2. The number of piperidine rings is 1. The van der Waals surface area contributed by atoms with Crippen LogP contribution in [0.25, 0.3) is 0 Å². The minimum Gasteiger partial charge on any atom is -0.377 e. The summed E-state index contributed by atoms with van der Waals surface area (Å²) < 4.78 is 0. The highest BCUT2D eigenvalue weighted by Crippen LogP contribution is 2.16. The molecule has 0 amide bonds. The fraction of sp³-hybridized carbons (Fsp3) is 0.385. The van der Waals surface area contributed by atoms with E-state index in [2.05, 4.69) is 17.2 Å². The zero-order chi connectivity index (χ0) is 10.6. The molecule has 2 rings (SSSR count). The molecule has 1 aromatic rings. The summed E-state index contributed by atoms with van der Waals surface area (Å²) in [6.45, 7) is 1.69. The molecule has 0 spiro atoms. The molecule has 1 saturated heterocycles. The normalized spacial score (nSPS) is 17.8. The van der Waals surface area contributed by atoms with E-state index in [1.807, 2.05) is 30.3 Å². The summed E-state index contributed by atoms with van der Waals surface area (Å²) in [4.78, 5) is 0. The van der Waals surface area contributed by atoms with Crippen molar-refractivity contribution in [2.45, 2.75) is 18.4 Å². The van der Waals surface area contributed by atoms with Crippen LogP contribution in [0, 0.1) is 11.8 Å². The lowest BCUT2D eigenvalue weighted by molar-refractivity contribution is 0.0679. The van der Waals surface area contributed by atoms with Crippen LogP contribution >= 0.6 is 12.4 Å². The van der Waals surface area contributed by atoms with E-state index in [-0.39, 0.29) is 12.4 Å². The van der Waals surface area contributed by atoms with Crippen LogP contribution in [0.1, 0.15) is 18.4 Å². The predicted octanol–water partition coefficient (Wildman–Crippen LogP) is 1.57. The van der Waals surface area contributed by atoms with E-state index in [9.17, 15) is 5.11 Å². The molecule has 1 fully saturated rings. The third kappa shape index (κ3) is 3.53. The Balaban J connectivity index is 0.00000128. The van der Waals surface area contributed by atoms with Crippen molar-refractivity contribution in [1.29, 1.82) is 0 Å². The van der Waals surface area contributed by atoms with Crippen molar-refractivity contribution >= 4 is 12.4 Å². The Labute approximate surface area is 102 Å². The number of benzene rings is 1. The number of nitrogens with one attached hydrogen (secondary N) is 1. The Morgan fingerprint density at radius 2 is 1.75 bits per heavy atom. The Hall–Kier alpha value is -1.01. The number of rotatable bonds is 0. The first-order valence-electron chi connectivity index (χ1n) is 5.30. The van der Waals surface area contributed by atoms with Crippen LogP contribution in [0.4, 0.5) is 0 Å². The quantitative estimate of drug-likeness (QED) is 0.672. The van der Waals surface area contributed by atoms with E-state index >= 15 is 0 Å². The second kappa shape index (κ2) is 5.91. The molecule has 1 aliphatic heterocycles. The van der Waals surface area contributed by atoms with Gasteiger partial charge >= 0.3 is 0 Å². The minimum absolute atomic E-state index is 0. The van der Waals surface area contributed by atoms with Gasteiger partial charge in [0.2, 0.25) is 0 Å². The summed E-state index contributed by atoms with van der Waals surface area (Å²) >= 11 is 0. The van der Waals surface area contributed by atoms with Crippen molar-refractivity contribution in [2.75, 3.05) is 13.1 Å². The maximum atomic E-state index is 10.1. The molecule has 0 saturated carbocycles. The first kappa shape index (κ1) is 13.1. The Bertz CT molecular complexity index is 374. The fourth-order valence-electron chi connectivity index (χ4n) is 1.68. The van der Waals surface area contributed by atoms with Gasteiger partial charge in [-0.25, -0.2) is 0 Å². The molecular formula is C13H16ClNO. The molecule has 1 heterocycles. The van der Waals surface area contributed by atoms with Crippen molar-refractivity contribution in [1.82, 2.24) is 5.32 Å². The first-order valence-corrected chi connectivity index (χ1v) is 5.30. The maximum absolute atomic E-state index is 10.1. The lowest BCUT2D eigenvalue weighted by Crippen LogP contribution is -2.40. The molecule has 0 bridgehead atoms. The van der Waals surface area contributed by atoms with Gasteiger partial charge in [-0.15, -0.1) is 12.4 Å². The molecule has 0 aliphatic carbocycles. The molecule has 0 radical (unpaired) electrons. The largest absolute Gasteiger partial charge is 0.377 e. The molecule has 86 valence electrons. The molecule has 3 heteroatoms. The fourth-order valence-corrected chi connectivity index (χ4v) is 1.68. The molecule has 0 atom stereocenters. The molecule has 0 unspecified atom stereocenters. The van der Waals surface area contributed by atoms with Crippen molar-refractivity contribution in [3.05, 3.63) is 35.9 Å². The zero-order valence-corrected chi connectivity index (χ0v) is 9.89. The Morgan fingerprint density at radius 1 is 1.12 bits per heavy atom. The Kier molecular flexibility index (Phi) is 4.82. The molecular weight excluding hydrogens is 222 g/mol. The third-order valence-corrected chi connectivity index (χ3v) is 2.64. The second-order valence-corrected chi connectivity index (χ2v) is 3.90. The smallest absolute Gasteiger partial charge is 0.128 e. The van der Waals surface area contributed by atoms with Gasteiger partial charge in [-0.3, -0.25) is 0 Å². The molecule has 1 aromatic carbocycles. The summed E-state index contributed by atoms with van der Waals surface area (Å²) in [5, 5.41) is 13.3. The summed E-state index contributed by atoms with van der Waals surface area (Å²) in [6, 6.07) is 9.78. The van der Waals surface area contributed by atoms with Crippen LogP contribution in [0.15, 0.2) is 30.3 Å². The third-order valence-electron chi connectivity index (χ3n) is 2.64. The van der Waals surface area contributed by atoms with Gasteiger partial charge in [0.05, 0.1) is 0 Å². The van der Waals surface area contributed by atoms with E-state index < -0.39 is 5.60 Å². The standard InChI is InChI=1S/C13H15NO.ClH/c15-13(8-10-14-11-9-13)7-6-12-4-2-1-3-5-12;/h1-5,14-15H,8-11H2;1H. The van der Waals surface area contributed by atoms with E-state index in [0.717, 1.165) is 18.7 Å². The summed E-state index contributed by atoms with van der Waals surface area (Å²) in [5.41, 5.74) is 0.172. The lowest BCUT2D eigenvalue weighted by Gasteiger charge is -2.27. The predicted molar refractivity (Wildman–Crippen MR) is 67.6 cm³/mol. The highest BCUT2D eigenvalue weighted by molar-refractivity contribution is 5.85. The topological polar surface area (TPSA) is 32.3 Å².